The first-order valence-corrected chi connectivity index (χ1v) is 6.04. The third-order valence-corrected chi connectivity index (χ3v) is 0. The van der Waals surface area contributed by atoms with Crippen LogP contribution in [0.15, 0.2) is 0 Å². The zero-order chi connectivity index (χ0) is 4.50. The zero-order valence-electron chi connectivity index (χ0n) is 3.95. The highest BCUT2D eigenvalue weighted by molar-refractivity contribution is 8.28. The minimum absolute atomic E-state index is 0.583. The molecule has 0 aliphatic heterocycles. The Labute approximate surface area is 36.7 Å². The first-order valence-electron chi connectivity index (χ1n) is 1.57. The van der Waals surface area contributed by atoms with E-state index in [0.29, 0.717) is 0 Å². The van der Waals surface area contributed by atoms with Gasteiger partial charge in [0.2, 0.25) is 0 Å². The second kappa shape index (κ2) is 1.40. The molecular weight excluding hydrogens is 99.1 g/mol. The molecule has 0 bridgehead atoms. The van der Waals surface area contributed by atoms with Crippen molar-refractivity contribution in [2.24, 2.45) is 0 Å². The molecule has 0 aromatic rings. The highest BCUT2D eigenvalue weighted by Crippen LogP contribution is 1.90. The number of hydrogen-bond acceptors (Lipinski definition) is 0. The van der Waals surface area contributed by atoms with Gasteiger partial charge in [0.05, 0.1) is 0 Å². The van der Waals surface area contributed by atoms with Gasteiger partial charge >= 0.3 is 0 Å². The molecule has 0 fully saturated rings. The topological polar surface area (TPSA) is 0 Å². The Bertz CT molecular complexity index is 53.0. The lowest BCUT2D eigenvalue weighted by molar-refractivity contribution is 2.17. The van der Waals surface area contributed by atoms with E-state index >= 15 is 0 Å². The van der Waals surface area contributed by atoms with Crippen molar-refractivity contribution >= 4 is 17.2 Å². The fourth-order valence-electron chi connectivity index (χ4n) is 0. The van der Waals surface area contributed by atoms with Gasteiger partial charge in [-0.1, -0.05) is 0 Å². The van der Waals surface area contributed by atoms with Gasteiger partial charge in [-0.25, -0.2) is 9.21 Å². The summed E-state index contributed by atoms with van der Waals surface area (Å²) in [5.74, 6) is 0. The van der Waals surface area contributed by atoms with Crippen LogP contribution >= 0.6 is 8.02 Å². The lowest BCUT2D eigenvalue weighted by Gasteiger charge is -2.02. The Morgan fingerprint density at radius 1 is 1.20 bits per heavy atom. The van der Waals surface area contributed by atoms with Crippen LogP contribution in [0.25, 0.3) is 0 Å². The van der Waals surface area contributed by atoms with E-state index in [4.69, 9.17) is 0 Å². The Morgan fingerprint density at radius 2 is 1.20 bits per heavy atom. The van der Waals surface area contributed by atoms with Crippen LogP contribution in [0.5, 0.6) is 0 Å². The molecule has 0 unspecified atom stereocenters. The molecule has 0 N–H and O–H groups in total. The second-order valence-electron chi connectivity index (χ2n) is 2.01. The summed E-state index contributed by atoms with van der Waals surface area (Å²) in [6, 6.07) is 0. The monoisotopic (exact) mass is 110 g/mol. The number of thiol groups is 1. The molecule has 0 nitrogen and oxygen atoms in total. The molecule has 0 saturated carbocycles. The van der Waals surface area contributed by atoms with Crippen LogP contribution in [0.3, 0.4) is 0 Å². The van der Waals surface area contributed by atoms with Gasteiger partial charge in [0.25, 0.3) is 0 Å². The molecule has 5 heavy (non-hydrogen) atoms. The lowest BCUT2D eigenvalue weighted by atomic mass is 11.9. The van der Waals surface area contributed by atoms with Crippen LogP contribution in [-0.4, -0.2) is 18.8 Å². The van der Waals surface area contributed by atoms with Crippen LogP contribution in [0.1, 0.15) is 0 Å². The maximum Gasteiger partial charge on any atom is -0.0373 e. The molecule has 0 amide bonds. The van der Waals surface area contributed by atoms with Crippen molar-refractivity contribution in [3.63, 3.8) is 0 Å². The molecule has 0 saturated heterocycles. The summed E-state index contributed by atoms with van der Waals surface area (Å²) in [7, 11) is 2.95. The van der Waals surface area contributed by atoms with Gasteiger partial charge < -0.3 is 0 Å². The number of hydrogen-bond donors (Lipinski definition) is 1. The van der Waals surface area contributed by atoms with E-state index in [1.165, 1.54) is 0 Å². The Hall–Kier alpha value is 0.650. The third kappa shape index (κ3) is 77.3. The maximum atomic E-state index is 3.53. The summed E-state index contributed by atoms with van der Waals surface area (Å²) in [5, 5.41) is 0. The Morgan fingerprint density at radius 3 is 1.20 bits per heavy atom. The average molecular weight is 110 g/mol. The summed E-state index contributed by atoms with van der Waals surface area (Å²) in [6.45, 7) is 0. The van der Waals surface area contributed by atoms with Gasteiger partial charge in [-0.05, 0) is 18.8 Å². The van der Waals surface area contributed by atoms with Gasteiger partial charge in [-0.3, -0.25) is 0 Å². The highest BCUT2D eigenvalue weighted by Gasteiger charge is 1.73. The van der Waals surface area contributed by atoms with Crippen molar-refractivity contribution in [3.8, 4) is 0 Å². The fraction of sp³-hybridized carbons (Fsp3) is 1.00. The van der Waals surface area contributed by atoms with Gasteiger partial charge in [0.1, 0.15) is 0 Å². The quantitative estimate of drug-likeness (QED) is 0.346. The van der Waals surface area contributed by atoms with Crippen molar-refractivity contribution in [1.82, 2.24) is 0 Å². The van der Waals surface area contributed by atoms with Crippen LogP contribution in [0.4, 0.5) is 0 Å². The summed E-state index contributed by atoms with van der Waals surface area (Å²) in [5.41, 5.74) is 0. The van der Waals surface area contributed by atoms with E-state index < -0.39 is 9.21 Å². The van der Waals surface area contributed by atoms with Crippen molar-refractivity contribution in [1.29, 1.82) is 0 Å². The summed E-state index contributed by atoms with van der Waals surface area (Å²) < 4.78 is 0. The smallest absolute Gasteiger partial charge is 0.0373 e. The van der Waals surface area contributed by atoms with Gasteiger partial charge in [-0.15, -0.1) is 8.02 Å². The zero-order valence-corrected chi connectivity index (χ0v) is 5.84. The second-order valence-corrected chi connectivity index (χ2v) is 10.1. The summed E-state index contributed by atoms with van der Waals surface area (Å²) in [4.78, 5) is 0. The Balaban J connectivity index is 3.47. The third-order valence-electron chi connectivity index (χ3n) is 0. The van der Waals surface area contributed by atoms with E-state index in [9.17, 15) is 0 Å². The van der Waals surface area contributed by atoms with Crippen LogP contribution < -0.4 is 0 Å². The van der Waals surface area contributed by atoms with Crippen LogP contribution in [0, 0.1) is 0 Å². The Kier molecular flexibility index (Phi) is 1.58. The standard InChI is InChI=1S/C3H11PS/c1-5(2,3)4/h4-5H,1-3H3. The van der Waals surface area contributed by atoms with E-state index in [1.54, 1.807) is 0 Å². The molecule has 2 heteroatoms. The van der Waals surface area contributed by atoms with Crippen LogP contribution in [-0.2, 0) is 9.21 Å². The van der Waals surface area contributed by atoms with Gasteiger partial charge in [0, 0.05) is 0 Å². The minimum atomic E-state index is -0.583. The molecule has 0 radical (unpaired) electrons. The van der Waals surface area contributed by atoms with E-state index in [1.807, 2.05) is 0 Å². The largest absolute Gasteiger partial charge is 0.248 e. The molecule has 0 rings (SSSR count). The highest BCUT2D eigenvalue weighted by atomic mass is 32.5. The van der Waals surface area contributed by atoms with Gasteiger partial charge in [-0.2, -0.15) is 0 Å². The van der Waals surface area contributed by atoms with Gasteiger partial charge in [0.15, 0.2) is 0 Å². The molecule has 0 aromatic carbocycles. The van der Waals surface area contributed by atoms with Crippen molar-refractivity contribution < 1.29 is 0 Å². The van der Waals surface area contributed by atoms with E-state index in [-0.39, 0.29) is 0 Å². The first kappa shape index (κ1) is 5.65. The summed E-state index contributed by atoms with van der Waals surface area (Å²) >= 11 is 0. The normalized spacial score (nSPS) is 15.0. The molecule has 0 aliphatic rings. The molecule has 0 aromatic heterocycles. The van der Waals surface area contributed by atoms with Crippen molar-refractivity contribution in [2.75, 3.05) is 18.8 Å². The predicted molar refractivity (Wildman–Crippen MR) is 34.8 cm³/mol. The van der Waals surface area contributed by atoms with E-state index in [0.717, 1.165) is 0 Å². The molecule has 34 valence electrons. The SMILES string of the molecule is C[SH](C)(C)=P. The molecular formula is C3H11PS. The number of rotatable bonds is 0. The van der Waals surface area contributed by atoms with Crippen molar-refractivity contribution in [3.05, 3.63) is 0 Å². The predicted octanol–water partition coefficient (Wildman–Crippen LogP) is 0.820. The molecule has 0 atom stereocenters. The van der Waals surface area contributed by atoms with Crippen LogP contribution in [0.2, 0.25) is 0 Å². The van der Waals surface area contributed by atoms with E-state index in [2.05, 4.69) is 26.8 Å². The molecule has 0 heterocycles. The molecule has 0 spiro atoms. The average Bonchev–Trinajstić information content (AvgIpc) is 0.722. The van der Waals surface area contributed by atoms with Crippen molar-refractivity contribution in [2.45, 2.75) is 0 Å². The lowest BCUT2D eigenvalue weighted by Crippen LogP contribution is -1.92. The maximum absolute atomic E-state index is 3.53. The minimum Gasteiger partial charge on any atom is -0.248 e. The molecule has 0 aliphatic carbocycles. The first-order chi connectivity index (χ1) is 2.00. The fourth-order valence-corrected chi connectivity index (χ4v) is 0. The summed E-state index contributed by atoms with van der Waals surface area (Å²) in [6.07, 6.45) is 6.64.